The first-order chi connectivity index (χ1) is 9.94. The molecule has 7 heteroatoms. The zero-order chi connectivity index (χ0) is 15.5. The molecule has 1 aromatic carbocycles. The Labute approximate surface area is 122 Å². The van der Waals surface area contributed by atoms with Crippen LogP contribution in [0, 0.1) is 0 Å². The molecule has 0 spiro atoms. The topological polar surface area (TPSA) is 85.4 Å². The predicted molar refractivity (Wildman–Crippen MR) is 80.1 cm³/mol. The molecule has 0 aliphatic heterocycles. The summed E-state index contributed by atoms with van der Waals surface area (Å²) in [5.41, 5.74) is 2.14. The maximum absolute atomic E-state index is 11.2. The van der Waals surface area contributed by atoms with Crippen molar-refractivity contribution in [3.05, 3.63) is 42.2 Å². The van der Waals surface area contributed by atoms with Crippen molar-refractivity contribution in [1.82, 2.24) is 4.98 Å². The molecule has 2 aromatic rings. The van der Waals surface area contributed by atoms with Gasteiger partial charge in [0.1, 0.15) is 5.75 Å². The maximum Gasteiger partial charge on any atom is 0.229 e. The van der Waals surface area contributed by atoms with Gasteiger partial charge < -0.3 is 4.74 Å². The predicted octanol–water partition coefficient (Wildman–Crippen LogP) is 1.94. The third-order valence-corrected chi connectivity index (χ3v) is 3.38. The second kappa shape index (κ2) is 5.92. The Morgan fingerprint density at radius 2 is 2.00 bits per heavy atom. The minimum Gasteiger partial charge on any atom is -0.496 e. The van der Waals surface area contributed by atoms with E-state index in [1.54, 1.807) is 30.5 Å². The van der Waals surface area contributed by atoms with Crippen LogP contribution in [-0.4, -0.2) is 33.1 Å². The molecule has 0 aliphatic rings. The van der Waals surface area contributed by atoms with E-state index in [2.05, 4.69) is 9.71 Å². The van der Waals surface area contributed by atoms with Gasteiger partial charge in [-0.05, 0) is 18.2 Å². The normalized spacial score (nSPS) is 11.0. The van der Waals surface area contributed by atoms with Crippen LogP contribution < -0.4 is 9.46 Å². The molecule has 0 saturated heterocycles. The summed E-state index contributed by atoms with van der Waals surface area (Å²) in [6, 6.07) is 6.43. The fraction of sp³-hybridized carbons (Fsp3) is 0.143. The van der Waals surface area contributed by atoms with E-state index in [9.17, 15) is 13.2 Å². The summed E-state index contributed by atoms with van der Waals surface area (Å²) in [5.74, 6) is 0.444. The highest BCUT2D eigenvalue weighted by atomic mass is 32.2. The second-order valence-electron chi connectivity index (χ2n) is 4.37. The van der Waals surface area contributed by atoms with Gasteiger partial charge in [-0.15, -0.1) is 0 Å². The monoisotopic (exact) mass is 306 g/mol. The highest BCUT2D eigenvalue weighted by molar-refractivity contribution is 7.92. The molecule has 0 fully saturated rings. The molecule has 6 nitrogen and oxygen atoms in total. The van der Waals surface area contributed by atoms with Crippen molar-refractivity contribution >= 4 is 22.0 Å². The Morgan fingerprint density at radius 1 is 1.24 bits per heavy atom. The molecule has 21 heavy (non-hydrogen) atoms. The molecule has 1 heterocycles. The SMILES string of the molecule is COc1cc(NS(C)(=O)=O)ccc1-c1cnccc1C=O. The molecular weight excluding hydrogens is 292 g/mol. The molecule has 110 valence electrons. The van der Waals surface area contributed by atoms with E-state index in [0.717, 1.165) is 12.5 Å². The van der Waals surface area contributed by atoms with Gasteiger partial charge in [0, 0.05) is 35.2 Å². The number of aldehydes is 1. The average Bonchev–Trinajstić information content (AvgIpc) is 2.45. The molecule has 0 amide bonds. The summed E-state index contributed by atoms with van der Waals surface area (Å²) in [6.07, 6.45) is 4.89. The number of rotatable bonds is 5. The number of anilines is 1. The van der Waals surface area contributed by atoms with Crippen LogP contribution in [0.2, 0.25) is 0 Å². The van der Waals surface area contributed by atoms with E-state index in [0.29, 0.717) is 28.1 Å². The smallest absolute Gasteiger partial charge is 0.229 e. The maximum atomic E-state index is 11.2. The number of benzene rings is 1. The summed E-state index contributed by atoms with van der Waals surface area (Å²) in [4.78, 5) is 15.1. The number of pyridine rings is 1. The third-order valence-electron chi connectivity index (χ3n) is 2.78. The molecule has 0 bridgehead atoms. The van der Waals surface area contributed by atoms with Gasteiger partial charge in [-0.25, -0.2) is 8.42 Å². The summed E-state index contributed by atoms with van der Waals surface area (Å²) >= 11 is 0. The van der Waals surface area contributed by atoms with Gasteiger partial charge in [0.05, 0.1) is 19.1 Å². The van der Waals surface area contributed by atoms with E-state index in [-0.39, 0.29) is 0 Å². The first-order valence-electron chi connectivity index (χ1n) is 6.00. The van der Waals surface area contributed by atoms with Crippen molar-refractivity contribution < 1.29 is 17.9 Å². The number of carbonyl (C=O) groups is 1. The van der Waals surface area contributed by atoms with Gasteiger partial charge in [-0.3, -0.25) is 14.5 Å². The van der Waals surface area contributed by atoms with E-state index < -0.39 is 10.0 Å². The Kier molecular flexibility index (Phi) is 4.23. The lowest BCUT2D eigenvalue weighted by Gasteiger charge is -2.12. The Balaban J connectivity index is 2.53. The number of carbonyl (C=O) groups excluding carboxylic acids is 1. The number of methoxy groups -OCH3 is 1. The second-order valence-corrected chi connectivity index (χ2v) is 6.12. The molecule has 2 rings (SSSR count). The Morgan fingerprint density at radius 3 is 2.62 bits per heavy atom. The third kappa shape index (κ3) is 3.57. The van der Waals surface area contributed by atoms with Crippen molar-refractivity contribution in [1.29, 1.82) is 0 Å². The Bertz CT molecular complexity index is 772. The van der Waals surface area contributed by atoms with Crippen LogP contribution in [0.15, 0.2) is 36.7 Å². The lowest BCUT2D eigenvalue weighted by Crippen LogP contribution is -2.09. The lowest BCUT2D eigenvalue weighted by molar-refractivity contribution is 0.112. The fourth-order valence-corrected chi connectivity index (χ4v) is 2.48. The largest absolute Gasteiger partial charge is 0.496 e. The van der Waals surface area contributed by atoms with Gasteiger partial charge in [0.2, 0.25) is 10.0 Å². The number of hydrogen-bond donors (Lipinski definition) is 1. The van der Waals surface area contributed by atoms with Crippen molar-refractivity contribution in [2.24, 2.45) is 0 Å². The van der Waals surface area contributed by atoms with E-state index in [4.69, 9.17) is 4.74 Å². The molecule has 1 aromatic heterocycles. The van der Waals surface area contributed by atoms with Crippen LogP contribution >= 0.6 is 0 Å². The van der Waals surface area contributed by atoms with Crippen LogP contribution in [0.25, 0.3) is 11.1 Å². The highest BCUT2D eigenvalue weighted by Crippen LogP contribution is 2.33. The van der Waals surface area contributed by atoms with Crippen LogP contribution in [-0.2, 0) is 10.0 Å². The van der Waals surface area contributed by atoms with Gasteiger partial charge in [0.25, 0.3) is 0 Å². The summed E-state index contributed by atoms with van der Waals surface area (Å²) < 4.78 is 30.1. The number of ether oxygens (including phenoxy) is 1. The first kappa shape index (κ1) is 15.0. The van der Waals surface area contributed by atoms with E-state index in [1.165, 1.54) is 13.3 Å². The van der Waals surface area contributed by atoms with Crippen molar-refractivity contribution in [2.75, 3.05) is 18.1 Å². The van der Waals surface area contributed by atoms with Gasteiger partial charge in [0.15, 0.2) is 6.29 Å². The quantitative estimate of drug-likeness (QED) is 0.853. The molecule has 0 atom stereocenters. The highest BCUT2D eigenvalue weighted by Gasteiger charge is 2.12. The summed E-state index contributed by atoms with van der Waals surface area (Å²) in [6.45, 7) is 0. The fourth-order valence-electron chi connectivity index (χ4n) is 1.92. The van der Waals surface area contributed by atoms with Crippen molar-refractivity contribution in [3.63, 3.8) is 0 Å². The van der Waals surface area contributed by atoms with Crippen molar-refractivity contribution in [2.45, 2.75) is 0 Å². The van der Waals surface area contributed by atoms with Gasteiger partial charge in [-0.2, -0.15) is 0 Å². The van der Waals surface area contributed by atoms with E-state index >= 15 is 0 Å². The molecule has 0 saturated carbocycles. The van der Waals surface area contributed by atoms with Crippen LogP contribution in [0.4, 0.5) is 5.69 Å². The standard InChI is InChI=1S/C14H14N2O4S/c1-20-14-7-11(16-21(2,18)19)3-4-12(14)13-8-15-6-5-10(13)9-17/h3-9,16H,1-2H3. The van der Waals surface area contributed by atoms with Gasteiger partial charge in [-0.1, -0.05) is 0 Å². The Hall–Kier alpha value is -2.41. The first-order valence-corrected chi connectivity index (χ1v) is 7.89. The lowest BCUT2D eigenvalue weighted by atomic mass is 10.0. The summed E-state index contributed by atoms with van der Waals surface area (Å²) in [7, 11) is -1.89. The van der Waals surface area contributed by atoms with Gasteiger partial charge >= 0.3 is 0 Å². The summed E-state index contributed by atoms with van der Waals surface area (Å²) in [5, 5.41) is 0. The average molecular weight is 306 g/mol. The zero-order valence-electron chi connectivity index (χ0n) is 11.5. The number of hydrogen-bond acceptors (Lipinski definition) is 5. The molecular formula is C14H14N2O4S. The minimum atomic E-state index is -3.37. The molecule has 0 unspecified atom stereocenters. The van der Waals surface area contributed by atoms with Crippen LogP contribution in [0.1, 0.15) is 10.4 Å². The molecule has 0 radical (unpaired) electrons. The zero-order valence-corrected chi connectivity index (χ0v) is 12.3. The number of aromatic nitrogens is 1. The molecule has 0 aliphatic carbocycles. The minimum absolute atomic E-state index is 0.384. The number of nitrogens with zero attached hydrogens (tertiary/aromatic N) is 1. The van der Waals surface area contributed by atoms with Crippen molar-refractivity contribution in [3.8, 4) is 16.9 Å². The number of sulfonamides is 1. The van der Waals surface area contributed by atoms with E-state index in [1.807, 2.05) is 0 Å². The van der Waals surface area contributed by atoms with Crippen LogP contribution in [0.3, 0.4) is 0 Å². The van der Waals surface area contributed by atoms with Crippen LogP contribution in [0.5, 0.6) is 5.75 Å². The number of nitrogens with one attached hydrogen (secondary N) is 1. The molecule has 1 N–H and O–H groups in total.